The smallest absolute Gasteiger partial charge is 0.278 e. The van der Waals surface area contributed by atoms with Crippen LogP contribution in [-0.2, 0) is 0 Å². The minimum atomic E-state index is -0.377. The number of aromatic nitrogens is 3. The summed E-state index contributed by atoms with van der Waals surface area (Å²) in [6.45, 7) is 5.88. The molecule has 0 saturated heterocycles. The molecule has 134 valence electrons. The van der Waals surface area contributed by atoms with Crippen LogP contribution in [0.5, 0.6) is 5.75 Å². The molecule has 6 nitrogen and oxygen atoms in total. The van der Waals surface area contributed by atoms with E-state index >= 15 is 0 Å². The zero-order valence-corrected chi connectivity index (χ0v) is 15.8. The third kappa shape index (κ3) is 3.41. The second-order valence-electron chi connectivity index (χ2n) is 6.00. The summed E-state index contributed by atoms with van der Waals surface area (Å²) in [5.41, 5.74) is 4.56. The zero-order chi connectivity index (χ0) is 18.8. The quantitative estimate of drug-likeness (QED) is 0.750. The predicted octanol–water partition coefficient (Wildman–Crippen LogP) is 4.11. The lowest BCUT2D eigenvalue weighted by atomic mass is 10.1. The summed E-state index contributed by atoms with van der Waals surface area (Å²) in [6, 6.07) is 11.0. The van der Waals surface area contributed by atoms with Crippen molar-refractivity contribution in [3.63, 3.8) is 0 Å². The summed E-state index contributed by atoms with van der Waals surface area (Å²) < 4.78 is 6.90. The number of hydrogen-bond donors (Lipinski definition) is 1. The maximum Gasteiger partial charge on any atom is 0.278 e. The van der Waals surface area contributed by atoms with Crippen LogP contribution >= 0.6 is 11.6 Å². The molecule has 3 rings (SSSR count). The first-order chi connectivity index (χ1) is 12.4. The highest BCUT2D eigenvalue weighted by atomic mass is 35.5. The fourth-order valence-corrected chi connectivity index (χ4v) is 2.77. The molecule has 0 fully saturated rings. The molecule has 7 heteroatoms. The van der Waals surface area contributed by atoms with Gasteiger partial charge in [0.2, 0.25) is 0 Å². The molecule has 0 saturated carbocycles. The molecule has 0 bridgehead atoms. The Hall–Kier alpha value is -2.86. The molecule has 1 N–H and O–H groups in total. The van der Waals surface area contributed by atoms with Crippen molar-refractivity contribution in [1.82, 2.24) is 15.0 Å². The van der Waals surface area contributed by atoms with E-state index in [-0.39, 0.29) is 11.6 Å². The van der Waals surface area contributed by atoms with Crippen LogP contribution in [0.2, 0.25) is 5.02 Å². The molecule has 1 amide bonds. The number of amides is 1. The van der Waals surface area contributed by atoms with Crippen molar-refractivity contribution in [2.75, 3.05) is 12.4 Å². The van der Waals surface area contributed by atoms with Gasteiger partial charge in [0, 0.05) is 5.02 Å². The number of nitrogens with one attached hydrogen (secondary N) is 1. The second-order valence-corrected chi connectivity index (χ2v) is 6.44. The van der Waals surface area contributed by atoms with E-state index in [1.165, 1.54) is 12.7 Å². The standard InChI is InChI=1S/C19H19ClN4O2/c1-11-5-7-15(9-12(11)2)24-13(3)18(22-23-24)19(25)21-16-10-14(20)6-8-17(16)26-4/h5-10H,1-4H3,(H,21,25). The Balaban J connectivity index is 1.91. The van der Waals surface area contributed by atoms with Crippen LogP contribution < -0.4 is 10.1 Å². The van der Waals surface area contributed by atoms with Gasteiger partial charge < -0.3 is 10.1 Å². The number of hydrogen-bond acceptors (Lipinski definition) is 4. The summed E-state index contributed by atoms with van der Waals surface area (Å²) in [7, 11) is 1.53. The van der Waals surface area contributed by atoms with E-state index in [1.807, 2.05) is 32.0 Å². The second kappa shape index (κ2) is 7.17. The van der Waals surface area contributed by atoms with Gasteiger partial charge in [-0.1, -0.05) is 22.9 Å². The fraction of sp³-hybridized carbons (Fsp3) is 0.211. The van der Waals surface area contributed by atoms with E-state index in [4.69, 9.17) is 16.3 Å². The number of carbonyl (C=O) groups excluding carboxylic acids is 1. The van der Waals surface area contributed by atoms with Crippen LogP contribution in [0.3, 0.4) is 0 Å². The molecule has 3 aromatic rings. The van der Waals surface area contributed by atoms with E-state index in [0.29, 0.717) is 22.2 Å². The lowest BCUT2D eigenvalue weighted by Crippen LogP contribution is -2.15. The van der Waals surface area contributed by atoms with Gasteiger partial charge in [-0.05, 0) is 62.2 Å². The van der Waals surface area contributed by atoms with Crippen LogP contribution in [0.15, 0.2) is 36.4 Å². The van der Waals surface area contributed by atoms with E-state index < -0.39 is 0 Å². The number of anilines is 1. The number of halogens is 1. The Bertz CT molecular complexity index is 982. The third-order valence-electron chi connectivity index (χ3n) is 4.25. The SMILES string of the molecule is COc1ccc(Cl)cc1NC(=O)c1nnn(-c2ccc(C)c(C)c2)c1C. The predicted molar refractivity (Wildman–Crippen MR) is 102 cm³/mol. The van der Waals surface area contributed by atoms with Gasteiger partial charge >= 0.3 is 0 Å². The van der Waals surface area contributed by atoms with E-state index in [0.717, 1.165) is 11.3 Å². The molecule has 0 aliphatic carbocycles. The third-order valence-corrected chi connectivity index (χ3v) is 4.49. The molecule has 0 unspecified atom stereocenters. The molecule has 1 heterocycles. The average Bonchev–Trinajstić information content (AvgIpc) is 2.99. The van der Waals surface area contributed by atoms with E-state index in [9.17, 15) is 4.79 Å². The maximum absolute atomic E-state index is 12.7. The molecule has 0 radical (unpaired) electrons. The number of nitrogens with zero attached hydrogens (tertiary/aromatic N) is 3. The van der Waals surface area contributed by atoms with Gasteiger partial charge in [0.25, 0.3) is 5.91 Å². The molecule has 0 atom stereocenters. The molecule has 26 heavy (non-hydrogen) atoms. The van der Waals surface area contributed by atoms with Gasteiger partial charge in [-0.25, -0.2) is 4.68 Å². The Labute approximate surface area is 156 Å². The van der Waals surface area contributed by atoms with E-state index in [2.05, 4.69) is 15.6 Å². The highest BCUT2D eigenvalue weighted by Gasteiger charge is 2.19. The number of methoxy groups -OCH3 is 1. The van der Waals surface area contributed by atoms with Gasteiger partial charge in [0.05, 0.1) is 24.2 Å². The minimum Gasteiger partial charge on any atom is -0.495 e. The van der Waals surface area contributed by atoms with Crippen molar-refractivity contribution in [3.8, 4) is 11.4 Å². The Morgan fingerprint density at radius 3 is 2.58 bits per heavy atom. The Morgan fingerprint density at radius 2 is 1.88 bits per heavy atom. The number of aryl methyl sites for hydroxylation is 2. The average molecular weight is 371 g/mol. The summed E-state index contributed by atoms with van der Waals surface area (Å²) in [6.07, 6.45) is 0. The normalized spacial score (nSPS) is 10.7. The maximum atomic E-state index is 12.7. The van der Waals surface area contributed by atoms with Crippen molar-refractivity contribution >= 4 is 23.2 Å². The van der Waals surface area contributed by atoms with Gasteiger partial charge in [-0.15, -0.1) is 5.10 Å². The number of rotatable bonds is 4. The Kier molecular flexibility index (Phi) is 4.95. The van der Waals surface area contributed by atoms with Crippen molar-refractivity contribution < 1.29 is 9.53 Å². The Morgan fingerprint density at radius 1 is 1.12 bits per heavy atom. The monoisotopic (exact) mass is 370 g/mol. The molecule has 0 aliphatic rings. The summed E-state index contributed by atoms with van der Waals surface area (Å²) in [4.78, 5) is 12.7. The van der Waals surface area contributed by atoms with Crippen LogP contribution in [0.4, 0.5) is 5.69 Å². The number of benzene rings is 2. The summed E-state index contributed by atoms with van der Waals surface area (Å²) >= 11 is 6.01. The first kappa shape index (κ1) is 17.9. The first-order valence-electron chi connectivity index (χ1n) is 8.05. The van der Waals surface area contributed by atoms with Crippen LogP contribution in [0, 0.1) is 20.8 Å². The van der Waals surface area contributed by atoms with Crippen LogP contribution in [-0.4, -0.2) is 28.0 Å². The number of carbonyl (C=O) groups is 1. The van der Waals surface area contributed by atoms with Crippen molar-refractivity contribution in [2.24, 2.45) is 0 Å². The molecule has 1 aromatic heterocycles. The molecular weight excluding hydrogens is 352 g/mol. The van der Waals surface area contributed by atoms with Gasteiger partial charge in [-0.2, -0.15) is 0 Å². The fourth-order valence-electron chi connectivity index (χ4n) is 2.60. The molecular formula is C19H19ClN4O2. The van der Waals surface area contributed by atoms with Crippen molar-refractivity contribution in [1.29, 1.82) is 0 Å². The van der Waals surface area contributed by atoms with Gasteiger partial charge in [0.15, 0.2) is 5.69 Å². The summed E-state index contributed by atoms with van der Waals surface area (Å²) in [5, 5.41) is 11.5. The molecule has 0 aliphatic heterocycles. The zero-order valence-electron chi connectivity index (χ0n) is 15.0. The molecule has 2 aromatic carbocycles. The lowest BCUT2D eigenvalue weighted by Gasteiger charge is -2.10. The first-order valence-corrected chi connectivity index (χ1v) is 8.43. The van der Waals surface area contributed by atoms with Crippen molar-refractivity contribution in [3.05, 3.63) is 63.9 Å². The molecule has 0 spiro atoms. The topological polar surface area (TPSA) is 69.0 Å². The highest BCUT2D eigenvalue weighted by Crippen LogP contribution is 2.28. The van der Waals surface area contributed by atoms with Crippen LogP contribution in [0.1, 0.15) is 27.3 Å². The number of ether oxygens (including phenoxy) is 1. The van der Waals surface area contributed by atoms with E-state index in [1.54, 1.807) is 29.8 Å². The lowest BCUT2D eigenvalue weighted by molar-refractivity contribution is 0.102. The van der Waals surface area contributed by atoms with Crippen LogP contribution in [0.25, 0.3) is 5.69 Å². The minimum absolute atomic E-state index is 0.241. The largest absolute Gasteiger partial charge is 0.495 e. The van der Waals surface area contributed by atoms with Gasteiger partial charge in [0.1, 0.15) is 5.75 Å². The van der Waals surface area contributed by atoms with Crippen molar-refractivity contribution in [2.45, 2.75) is 20.8 Å². The van der Waals surface area contributed by atoms with Gasteiger partial charge in [-0.3, -0.25) is 4.79 Å². The highest BCUT2D eigenvalue weighted by molar-refractivity contribution is 6.31. The summed E-state index contributed by atoms with van der Waals surface area (Å²) in [5.74, 6) is 0.139.